The van der Waals surface area contributed by atoms with Crippen LogP contribution in [0.25, 0.3) is 0 Å². The van der Waals surface area contributed by atoms with Crippen LogP contribution in [0, 0.1) is 0 Å². The molecule has 1 saturated carbocycles. The fourth-order valence-corrected chi connectivity index (χ4v) is 3.05. The summed E-state index contributed by atoms with van der Waals surface area (Å²) in [5.74, 6) is -0.124. The van der Waals surface area contributed by atoms with Crippen LogP contribution in [0.3, 0.4) is 0 Å². The fourth-order valence-electron chi connectivity index (χ4n) is 2.33. The molecule has 0 spiro atoms. The standard InChI is InChI=1S/C16H19N5O3S/c1-9(21-14(23)6-5-12(20-21)10-3-4-10)15(24)19-16-18-11(8-25-16)7-13(22)17-2/h5-6,8-10H,3-4,7H2,1-2H3,(H,17,22)(H,18,19,24). The molecule has 0 aliphatic heterocycles. The van der Waals surface area contributed by atoms with Crippen molar-refractivity contribution < 1.29 is 9.59 Å². The van der Waals surface area contributed by atoms with Crippen LogP contribution in [-0.2, 0) is 16.0 Å². The average Bonchev–Trinajstić information content (AvgIpc) is 3.36. The Morgan fingerprint density at radius 3 is 2.84 bits per heavy atom. The number of likely N-dealkylation sites (N-methyl/N-ethyl adjacent to an activating group) is 1. The molecule has 9 heteroatoms. The zero-order valence-corrected chi connectivity index (χ0v) is 14.8. The summed E-state index contributed by atoms with van der Waals surface area (Å²) in [6, 6.07) is 2.43. The number of nitrogens with one attached hydrogen (secondary N) is 2. The van der Waals surface area contributed by atoms with E-state index in [9.17, 15) is 14.4 Å². The van der Waals surface area contributed by atoms with Gasteiger partial charge < -0.3 is 10.6 Å². The molecule has 2 aromatic rings. The molecule has 1 aliphatic carbocycles. The van der Waals surface area contributed by atoms with Crippen LogP contribution >= 0.6 is 11.3 Å². The Labute approximate surface area is 148 Å². The molecule has 1 unspecified atom stereocenters. The number of hydrogen-bond donors (Lipinski definition) is 2. The highest BCUT2D eigenvalue weighted by atomic mass is 32.1. The summed E-state index contributed by atoms with van der Waals surface area (Å²) >= 11 is 1.23. The van der Waals surface area contributed by atoms with E-state index >= 15 is 0 Å². The summed E-state index contributed by atoms with van der Waals surface area (Å²) in [6.07, 6.45) is 2.29. The van der Waals surface area contributed by atoms with Gasteiger partial charge in [0.25, 0.3) is 11.5 Å². The molecule has 0 aromatic carbocycles. The summed E-state index contributed by atoms with van der Waals surface area (Å²) in [5, 5.41) is 11.6. The smallest absolute Gasteiger partial charge is 0.267 e. The monoisotopic (exact) mass is 361 g/mol. The van der Waals surface area contributed by atoms with Crippen molar-refractivity contribution >= 4 is 28.3 Å². The van der Waals surface area contributed by atoms with E-state index in [1.54, 1.807) is 25.4 Å². The Kier molecular flexibility index (Phi) is 4.93. The summed E-state index contributed by atoms with van der Waals surface area (Å²) in [5.41, 5.74) is 1.12. The third-order valence-corrected chi connectivity index (χ3v) is 4.80. The van der Waals surface area contributed by atoms with Gasteiger partial charge in [0.05, 0.1) is 17.8 Å². The van der Waals surface area contributed by atoms with E-state index in [2.05, 4.69) is 20.7 Å². The van der Waals surface area contributed by atoms with Crippen molar-refractivity contribution in [2.24, 2.45) is 0 Å². The molecule has 0 saturated heterocycles. The second-order valence-corrected chi connectivity index (χ2v) is 6.83. The SMILES string of the molecule is CNC(=O)Cc1csc(NC(=O)C(C)n2nc(C3CC3)ccc2=O)n1. The van der Waals surface area contributed by atoms with E-state index in [1.165, 1.54) is 22.1 Å². The molecule has 132 valence electrons. The van der Waals surface area contributed by atoms with Gasteiger partial charge in [-0.1, -0.05) is 0 Å². The Morgan fingerprint density at radius 2 is 2.16 bits per heavy atom. The van der Waals surface area contributed by atoms with Crippen molar-refractivity contribution in [3.63, 3.8) is 0 Å². The third kappa shape index (κ3) is 4.11. The summed E-state index contributed by atoms with van der Waals surface area (Å²) in [4.78, 5) is 40.0. The molecule has 25 heavy (non-hydrogen) atoms. The minimum absolute atomic E-state index is 0.149. The first kappa shape index (κ1) is 17.3. The van der Waals surface area contributed by atoms with Gasteiger partial charge in [-0.2, -0.15) is 5.10 Å². The van der Waals surface area contributed by atoms with E-state index in [0.29, 0.717) is 16.7 Å². The van der Waals surface area contributed by atoms with Gasteiger partial charge in [0, 0.05) is 24.4 Å². The van der Waals surface area contributed by atoms with Crippen LogP contribution in [0.15, 0.2) is 22.3 Å². The van der Waals surface area contributed by atoms with Crippen molar-refractivity contribution in [3.8, 4) is 0 Å². The lowest BCUT2D eigenvalue weighted by Gasteiger charge is -2.13. The maximum Gasteiger partial charge on any atom is 0.267 e. The van der Waals surface area contributed by atoms with Crippen LogP contribution < -0.4 is 16.2 Å². The lowest BCUT2D eigenvalue weighted by Crippen LogP contribution is -2.33. The lowest BCUT2D eigenvalue weighted by molar-refractivity contribution is -0.120. The van der Waals surface area contributed by atoms with Crippen molar-refractivity contribution in [2.75, 3.05) is 12.4 Å². The second kappa shape index (κ2) is 7.14. The Balaban J connectivity index is 1.70. The Morgan fingerprint density at radius 1 is 1.40 bits per heavy atom. The number of rotatable bonds is 6. The first-order valence-corrected chi connectivity index (χ1v) is 8.91. The molecule has 2 N–H and O–H groups in total. The van der Waals surface area contributed by atoms with Gasteiger partial charge in [0.15, 0.2) is 5.13 Å². The number of aromatic nitrogens is 3. The average molecular weight is 361 g/mol. The molecule has 2 amide bonds. The molecule has 1 fully saturated rings. The maximum atomic E-state index is 12.4. The lowest BCUT2D eigenvalue weighted by atomic mass is 10.2. The number of hydrogen-bond acceptors (Lipinski definition) is 6. The van der Waals surface area contributed by atoms with Gasteiger partial charge in [-0.25, -0.2) is 9.67 Å². The highest BCUT2D eigenvalue weighted by Crippen LogP contribution is 2.38. The number of amides is 2. The van der Waals surface area contributed by atoms with E-state index < -0.39 is 6.04 Å². The Hall–Kier alpha value is -2.55. The molecule has 0 radical (unpaired) electrons. The van der Waals surface area contributed by atoms with Crippen LogP contribution in [0.1, 0.15) is 43.1 Å². The molecule has 2 aromatic heterocycles. The second-order valence-electron chi connectivity index (χ2n) is 5.97. The van der Waals surface area contributed by atoms with Gasteiger partial charge >= 0.3 is 0 Å². The molecular weight excluding hydrogens is 342 g/mol. The zero-order chi connectivity index (χ0) is 18.0. The maximum absolute atomic E-state index is 12.4. The number of anilines is 1. The van der Waals surface area contributed by atoms with E-state index in [1.807, 2.05) is 0 Å². The molecule has 3 rings (SSSR count). The van der Waals surface area contributed by atoms with Crippen LogP contribution in [0.5, 0.6) is 0 Å². The van der Waals surface area contributed by atoms with Crippen molar-refractivity contribution in [1.29, 1.82) is 0 Å². The molecule has 0 bridgehead atoms. The quantitative estimate of drug-likeness (QED) is 0.800. The highest BCUT2D eigenvalue weighted by molar-refractivity contribution is 7.13. The van der Waals surface area contributed by atoms with Gasteiger partial charge in [-0.15, -0.1) is 11.3 Å². The van der Waals surface area contributed by atoms with E-state index in [0.717, 1.165) is 18.5 Å². The van der Waals surface area contributed by atoms with Crippen LogP contribution in [0.4, 0.5) is 5.13 Å². The van der Waals surface area contributed by atoms with Crippen LogP contribution in [-0.4, -0.2) is 33.6 Å². The van der Waals surface area contributed by atoms with Crippen molar-refractivity contribution in [1.82, 2.24) is 20.1 Å². The predicted molar refractivity (Wildman–Crippen MR) is 93.7 cm³/mol. The van der Waals surface area contributed by atoms with E-state index in [-0.39, 0.29) is 23.8 Å². The number of carbonyl (C=O) groups excluding carboxylic acids is 2. The summed E-state index contributed by atoms with van der Waals surface area (Å²) in [6.45, 7) is 1.62. The number of carbonyl (C=O) groups is 2. The van der Waals surface area contributed by atoms with Gasteiger partial charge in [-0.3, -0.25) is 14.4 Å². The topological polar surface area (TPSA) is 106 Å². The largest absolute Gasteiger partial charge is 0.359 e. The fraction of sp³-hybridized carbons (Fsp3) is 0.438. The molecule has 8 nitrogen and oxygen atoms in total. The zero-order valence-electron chi connectivity index (χ0n) is 14.0. The molecular formula is C16H19N5O3S. The molecule has 2 heterocycles. The normalized spacial score (nSPS) is 14.8. The molecule has 1 atom stereocenters. The predicted octanol–water partition coefficient (Wildman–Crippen LogP) is 1.07. The van der Waals surface area contributed by atoms with Gasteiger partial charge in [0.1, 0.15) is 6.04 Å². The molecule has 1 aliphatic rings. The summed E-state index contributed by atoms with van der Waals surface area (Å²) in [7, 11) is 1.56. The number of thiazole rings is 1. The minimum atomic E-state index is -0.752. The first-order valence-electron chi connectivity index (χ1n) is 8.03. The van der Waals surface area contributed by atoms with E-state index in [4.69, 9.17) is 0 Å². The number of nitrogens with zero attached hydrogens (tertiary/aromatic N) is 3. The van der Waals surface area contributed by atoms with Gasteiger partial charge in [-0.05, 0) is 25.8 Å². The highest BCUT2D eigenvalue weighted by Gasteiger charge is 2.27. The van der Waals surface area contributed by atoms with Crippen LogP contribution in [0.2, 0.25) is 0 Å². The van der Waals surface area contributed by atoms with Crippen molar-refractivity contribution in [3.05, 3.63) is 39.3 Å². The minimum Gasteiger partial charge on any atom is -0.359 e. The van der Waals surface area contributed by atoms with Crippen molar-refractivity contribution in [2.45, 2.75) is 38.1 Å². The summed E-state index contributed by atoms with van der Waals surface area (Å²) < 4.78 is 1.21. The Bertz CT molecular complexity index is 855. The first-order chi connectivity index (χ1) is 12.0. The van der Waals surface area contributed by atoms with Gasteiger partial charge in [0.2, 0.25) is 5.91 Å². The third-order valence-electron chi connectivity index (χ3n) is 3.99.